The number of imide groups is 1. The summed E-state index contributed by atoms with van der Waals surface area (Å²) in [4.78, 5) is 38.9. The van der Waals surface area contributed by atoms with Gasteiger partial charge in [0.15, 0.2) is 0 Å². The summed E-state index contributed by atoms with van der Waals surface area (Å²) < 4.78 is 0. The highest BCUT2D eigenvalue weighted by Gasteiger charge is 2.61. The quantitative estimate of drug-likeness (QED) is 0.557. The van der Waals surface area contributed by atoms with Crippen LogP contribution in [0.4, 0.5) is 5.69 Å². The summed E-state index contributed by atoms with van der Waals surface area (Å²) >= 11 is 18.0. The van der Waals surface area contributed by atoms with Crippen molar-refractivity contribution in [3.8, 4) is 0 Å². The van der Waals surface area contributed by atoms with Crippen LogP contribution in [-0.2, 0) is 14.4 Å². The number of carbonyl (C=O) groups excluding carboxylic acids is 3. The Hall–Kier alpha value is -1.10. The molecule has 1 aromatic rings. The van der Waals surface area contributed by atoms with Gasteiger partial charge in [0.25, 0.3) is 0 Å². The van der Waals surface area contributed by atoms with Crippen molar-refractivity contribution in [2.75, 3.05) is 4.90 Å². The first kappa shape index (κ1) is 15.4. The Kier molecular flexibility index (Phi) is 3.49. The van der Waals surface area contributed by atoms with Crippen molar-refractivity contribution in [3.63, 3.8) is 0 Å². The van der Waals surface area contributed by atoms with Crippen molar-refractivity contribution in [2.24, 2.45) is 23.7 Å². The first-order chi connectivity index (χ1) is 10.9. The van der Waals surface area contributed by atoms with Crippen LogP contribution in [0.15, 0.2) is 12.1 Å². The van der Waals surface area contributed by atoms with Gasteiger partial charge in [0.1, 0.15) is 5.78 Å². The van der Waals surface area contributed by atoms with Crippen molar-refractivity contribution in [1.82, 2.24) is 0 Å². The molecule has 4 atom stereocenters. The second kappa shape index (κ2) is 5.20. The van der Waals surface area contributed by atoms with Gasteiger partial charge in [-0.15, -0.1) is 0 Å². The fourth-order valence-electron chi connectivity index (χ4n) is 4.31. The highest BCUT2D eigenvalue weighted by molar-refractivity contribution is 6.48. The van der Waals surface area contributed by atoms with E-state index in [2.05, 4.69) is 0 Å². The number of nitrogens with zero attached hydrogens (tertiary/aromatic N) is 1. The van der Waals surface area contributed by atoms with Crippen molar-refractivity contribution >= 4 is 58.1 Å². The minimum atomic E-state index is -0.532. The Morgan fingerprint density at radius 2 is 1.52 bits per heavy atom. The molecule has 0 N–H and O–H groups in total. The van der Waals surface area contributed by atoms with Crippen LogP contribution in [0, 0.1) is 23.7 Å². The zero-order valence-electron chi connectivity index (χ0n) is 11.9. The molecule has 0 unspecified atom stereocenters. The van der Waals surface area contributed by atoms with Crippen LogP contribution in [0.1, 0.15) is 19.3 Å². The number of ketones is 1. The number of benzene rings is 1. The molecular weight excluding hydrogens is 361 g/mol. The minimum absolute atomic E-state index is 0.0304. The summed E-state index contributed by atoms with van der Waals surface area (Å²) in [6.07, 6.45) is 1.92. The van der Waals surface area contributed by atoms with Crippen LogP contribution in [0.2, 0.25) is 15.1 Å². The lowest BCUT2D eigenvalue weighted by Gasteiger charge is -2.41. The molecule has 120 valence electrons. The third kappa shape index (κ3) is 2.08. The van der Waals surface area contributed by atoms with E-state index in [1.807, 2.05) is 0 Å². The van der Waals surface area contributed by atoms with E-state index in [1.54, 1.807) is 0 Å². The number of Topliss-reactive ketones (excluding diaryl/α,β-unsaturated/α-hetero) is 1. The molecule has 3 saturated carbocycles. The van der Waals surface area contributed by atoms with Crippen LogP contribution in [0.5, 0.6) is 0 Å². The Morgan fingerprint density at radius 1 is 0.913 bits per heavy atom. The first-order valence-electron chi connectivity index (χ1n) is 7.45. The number of anilines is 1. The average Bonchev–Trinajstić information content (AvgIpc) is 2.78. The van der Waals surface area contributed by atoms with Crippen LogP contribution in [0.25, 0.3) is 0 Å². The lowest BCUT2D eigenvalue weighted by atomic mass is 9.59. The molecule has 1 aromatic carbocycles. The molecule has 1 heterocycles. The summed E-state index contributed by atoms with van der Waals surface area (Å²) in [7, 11) is 0. The van der Waals surface area contributed by atoms with Crippen LogP contribution in [0.3, 0.4) is 0 Å². The molecule has 0 aromatic heterocycles. The molecule has 1 saturated heterocycles. The third-order valence-corrected chi connectivity index (χ3v) is 6.49. The summed E-state index contributed by atoms with van der Waals surface area (Å²) in [5, 5.41) is 0.552. The molecule has 5 rings (SSSR count). The van der Waals surface area contributed by atoms with Gasteiger partial charge in [-0.25, -0.2) is 4.90 Å². The highest BCUT2D eigenvalue weighted by atomic mass is 35.5. The largest absolute Gasteiger partial charge is 0.299 e. The zero-order chi connectivity index (χ0) is 16.5. The number of amides is 2. The maximum absolute atomic E-state index is 12.8. The molecule has 0 spiro atoms. The standard InChI is InChI=1S/C16H12Cl3NO3/c17-9-4-7(5-10(18)14(9)19)20-15(22)12-6-1-2-8(11(21)3-6)13(12)16(20)23/h4-6,8,12-13H,1-3H2/t6-,8+,12+,13-/m0/s1. The van der Waals surface area contributed by atoms with Crippen molar-refractivity contribution in [1.29, 1.82) is 0 Å². The van der Waals surface area contributed by atoms with Gasteiger partial charge in [-0.05, 0) is 30.9 Å². The number of carbonyl (C=O) groups is 3. The third-order valence-electron chi connectivity index (χ3n) is 5.29. The number of halogens is 3. The molecule has 3 aliphatic carbocycles. The van der Waals surface area contributed by atoms with Gasteiger partial charge in [0.2, 0.25) is 11.8 Å². The normalized spacial score (nSPS) is 32.7. The van der Waals surface area contributed by atoms with Gasteiger partial charge in [0.05, 0.1) is 32.6 Å². The fraction of sp³-hybridized carbons (Fsp3) is 0.438. The van der Waals surface area contributed by atoms with E-state index in [1.165, 1.54) is 12.1 Å². The van der Waals surface area contributed by atoms with Crippen LogP contribution in [-0.4, -0.2) is 17.6 Å². The molecule has 4 aliphatic rings. The van der Waals surface area contributed by atoms with E-state index >= 15 is 0 Å². The molecule has 2 bridgehead atoms. The lowest BCUT2D eigenvalue weighted by Crippen LogP contribution is -2.46. The van der Waals surface area contributed by atoms with Crippen molar-refractivity contribution in [2.45, 2.75) is 19.3 Å². The number of hydrogen-bond donors (Lipinski definition) is 0. The average molecular weight is 373 g/mol. The topological polar surface area (TPSA) is 54.5 Å². The van der Waals surface area contributed by atoms with Gasteiger partial charge in [-0.2, -0.15) is 0 Å². The molecule has 7 heteroatoms. The SMILES string of the molecule is O=C1C[C@@H]2CC[C@H]1[C@@H]1C(=O)N(c3cc(Cl)c(Cl)c(Cl)c3)C(=O)[C@H]21. The maximum Gasteiger partial charge on any atom is 0.238 e. The summed E-state index contributed by atoms with van der Waals surface area (Å²) in [5.74, 6) is -1.75. The van der Waals surface area contributed by atoms with Crippen molar-refractivity contribution in [3.05, 3.63) is 27.2 Å². The van der Waals surface area contributed by atoms with Crippen molar-refractivity contribution < 1.29 is 14.4 Å². The Labute approximate surface area is 147 Å². The van der Waals surface area contributed by atoms with E-state index in [-0.39, 0.29) is 44.5 Å². The van der Waals surface area contributed by atoms with E-state index in [4.69, 9.17) is 34.8 Å². The monoisotopic (exact) mass is 371 g/mol. The van der Waals surface area contributed by atoms with E-state index in [0.717, 1.165) is 11.3 Å². The Bertz CT molecular complexity index is 740. The summed E-state index contributed by atoms with van der Waals surface area (Å²) in [6, 6.07) is 2.93. The Balaban J connectivity index is 1.79. The smallest absolute Gasteiger partial charge is 0.238 e. The molecule has 4 nitrogen and oxygen atoms in total. The number of rotatable bonds is 1. The fourth-order valence-corrected chi connectivity index (χ4v) is 4.89. The maximum atomic E-state index is 12.8. The highest BCUT2D eigenvalue weighted by Crippen LogP contribution is 2.52. The van der Waals surface area contributed by atoms with Crippen LogP contribution >= 0.6 is 34.8 Å². The molecule has 0 radical (unpaired) electrons. The molecule has 2 amide bonds. The van der Waals surface area contributed by atoms with E-state index in [0.29, 0.717) is 18.5 Å². The van der Waals surface area contributed by atoms with E-state index in [9.17, 15) is 14.4 Å². The first-order valence-corrected chi connectivity index (χ1v) is 8.58. The predicted octanol–water partition coefficient (Wildman–Crippen LogP) is 3.75. The second-order valence-electron chi connectivity index (χ2n) is 6.40. The zero-order valence-corrected chi connectivity index (χ0v) is 14.2. The second-order valence-corrected chi connectivity index (χ2v) is 7.59. The van der Waals surface area contributed by atoms with Gasteiger partial charge in [-0.1, -0.05) is 34.8 Å². The predicted molar refractivity (Wildman–Crippen MR) is 86.8 cm³/mol. The molecule has 23 heavy (non-hydrogen) atoms. The summed E-state index contributed by atoms with van der Waals surface area (Å²) in [6.45, 7) is 0. The minimum Gasteiger partial charge on any atom is -0.299 e. The lowest BCUT2D eigenvalue weighted by molar-refractivity contribution is -0.143. The summed E-state index contributed by atoms with van der Waals surface area (Å²) in [5.41, 5.74) is 0.320. The number of hydrogen-bond acceptors (Lipinski definition) is 3. The molecule has 1 aliphatic heterocycles. The van der Waals surface area contributed by atoms with Gasteiger partial charge in [0, 0.05) is 12.3 Å². The van der Waals surface area contributed by atoms with E-state index < -0.39 is 11.8 Å². The van der Waals surface area contributed by atoms with Crippen LogP contribution < -0.4 is 4.90 Å². The molecular formula is C16H12Cl3NO3. The molecule has 4 fully saturated rings. The number of fused-ring (bicyclic) bond motifs is 2. The van der Waals surface area contributed by atoms with Gasteiger partial charge in [-0.3, -0.25) is 14.4 Å². The van der Waals surface area contributed by atoms with Gasteiger partial charge < -0.3 is 0 Å². The Morgan fingerprint density at radius 3 is 2.13 bits per heavy atom. The van der Waals surface area contributed by atoms with Gasteiger partial charge >= 0.3 is 0 Å².